The van der Waals surface area contributed by atoms with Crippen molar-refractivity contribution in [2.24, 2.45) is 0 Å². The Bertz CT molecular complexity index is 819. The first-order valence-corrected chi connectivity index (χ1v) is 7.68. The van der Waals surface area contributed by atoms with Crippen LogP contribution >= 0.6 is 0 Å². The molecule has 2 atom stereocenters. The standard InChI is InChI=1S/C18H15F2NO2/c1-9(22)16-8-13(12-4-2-10(19)6-15(12)20)14-7-11-3-5-17(23-11)18(14)21-16/h2,4,6,8,11,17H,3,5,7H2,1H3/t11-,17+/m0/s1. The van der Waals surface area contributed by atoms with Gasteiger partial charge in [0.25, 0.3) is 0 Å². The Kier molecular flexibility index (Phi) is 3.27. The van der Waals surface area contributed by atoms with E-state index < -0.39 is 11.6 Å². The molecular formula is C18H15F2NO2. The van der Waals surface area contributed by atoms with Gasteiger partial charge in [-0.25, -0.2) is 13.8 Å². The van der Waals surface area contributed by atoms with E-state index in [0.29, 0.717) is 17.5 Å². The Labute approximate surface area is 132 Å². The summed E-state index contributed by atoms with van der Waals surface area (Å²) < 4.78 is 33.4. The van der Waals surface area contributed by atoms with Crippen molar-refractivity contribution in [3.63, 3.8) is 0 Å². The predicted octanol–water partition coefficient (Wildman–Crippen LogP) is 4.01. The summed E-state index contributed by atoms with van der Waals surface area (Å²) in [5, 5.41) is 0. The molecule has 0 N–H and O–H groups in total. The Balaban J connectivity index is 1.97. The first-order valence-electron chi connectivity index (χ1n) is 7.68. The first kappa shape index (κ1) is 14.5. The third kappa shape index (κ3) is 2.36. The van der Waals surface area contributed by atoms with E-state index in [1.165, 1.54) is 19.1 Å². The maximum absolute atomic E-state index is 14.3. The summed E-state index contributed by atoms with van der Waals surface area (Å²) >= 11 is 0. The van der Waals surface area contributed by atoms with Gasteiger partial charge in [-0.15, -0.1) is 0 Å². The van der Waals surface area contributed by atoms with Gasteiger partial charge in [0.15, 0.2) is 5.78 Å². The molecule has 2 aliphatic heterocycles. The van der Waals surface area contributed by atoms with Crippen LogP contribution in [-0.2, 0) is 11.2 Å². The summed E-state index contributed by atoms with van der Waals surface area (Å²) in [6, 6.07) is 5.12. The summed E-state index contributed by atoms with van der Waals surface area (Å²) in [5.41, 5.74) is 2.85. The average molecular weight is 315 g/mol. The number of ketones is 1. The molecule has 1 saturated heterocycles. The molecule has 1 aromatic heterocycles. The van der Waals surface area contributed by atoms with Crippen LogP contribution in [0.4, 0.5) is 8.78 Å². The Morgan fingerprint density at radius 1 is 1.22 bits per heavy atom. The van der Waals surface area contributed by atoms with Gasteiger partial charge in [0.05, 0.1) is 11.8 Å². The molecule has 0 unspecified atom stereocenters. The van der Waals surface area contributed by atoms with E-state index in [2.05, 4.69) is 4.98 Å². The minimum atomic E-state index is -0.633. The van der Waals surface area contributed by atoms with Crippen molar-refractivity contribution in [1.29, 1.82) is 0 Å². The van der Waals surface area contributed by atoms with Gasteiger partial charge in [-0.3, -0.25) is 4.79 Å². The Morgan fingerprint density at radius 2 is 2.04 bits per heavy atom. The second-order valence-electron chi connectivity index (χ2n) is 6.13. The Hall–Kier alpha value is -2.14. The van der Waals surface area contributed by atoms with Gasteiger partial charge < -0.3 is 4.74 Å². The SMILES string of the molecule is CC(=O)c1cc(-c2ccc(F)cc2F)c2c(n1)[C@H]1CC[C@@H](C2)O1. The van der Waals surface area contributed by atoms with Gasteiger partial charge in [0, 0.05) is 25.0 Å². The largest absolute Gasteiger partial charge is 0.368 e. The van der Waals surface area contributed by atoms with Crippen LogP contribution in [0.5, 0.6) is 0 Å². The number of ether oxygens (including phenoxy) is 1. The molecule has 1 aromatic carbocycles. The zero-order valence-electron chi connectivity index (χ0n) is 12.6. The van der Waals surface area contributed by atoms with Crippen molar-refractivity contribution >= 4 is 5.78 Å². The number of nitrogens with zero attached hydrogens (tertiary/aromatic N) is 1. The third-order valence-corrected chi connectivity index (χ3v) is 4.58. The smallest absolute Gasteiger partial charge is 0.178 e. The highest BCUT2D eigenvalue weighted by Crippen LogP contribution is 2.44. The van der Waals surface area contributed by atoms with Crippen molar-refractivity contribution in [3.8, 4) is 11.1 Å². The van der Waals surface area contributed by atoms with Crippen molar-refractivity contribution in [1.82, 2.24) is 4.98 Å². The number of Topliss-reactive ketones (excluding diaryl/α,β-unsaturated/α-hetero) is 1. The van der Waals surface area contributed by atoms with Crippen LogP contribution in [0.3, 0.4) is 0 Å². The molecule has 118 valence electrons. The number of rotatable bonds is 2. The number of hydrogen-bond donors (Lipinski definition) is 0. The highest BCUT2D eigenvalue weighted by atomic mass is 19.1. The lowest BCUT2D eigenvalue weighted by molar-refractivity contribution is 0.0295. The minimum Gasteiger partial charge on any atom is -0.368 e. The van der Waals surface area contributed by atoms with Gasteiger partial charge in [0.2, 0.25) is 0 Å². The number of pyridine rings is 1. The number of halogens is 2. The number of aromatic nitrogens is 1. The summed E-state index contributed by atoms with van der Waals surface area (Å²) in [7, 11) is 0. The van der Waals surface area contributed by atoms with Crippen LogP contribution in [0.25, 0.3) is 11.1 Å². The lowest BCUT2D eigenvalue weighted by Gasteiger charge is -2.26. The lowest BCUT2D eigenvalue weighted by Crippen LogP contribution is -2.21. The van der Waals surface area contributed by atoms with Crippen molar-refractivity contribution in [2.45, 2.75) is 38.4 Å². The Morgan fingerprint density at radius 3 is 2.78 bits per heavy atom. The van der Waals surface area contributed by atoms with Crippen LogP contribution in [0.2, 0.25) is 0 Å². The third-order valence-electron chi connectivity index (χ3n) is 4.58. The molecular weight excluding hydrogens is 300 g/mol. The van der Waals surface area contributed by atoms with Crippen LogP contribution in [0, 0.1) is 11.6 Å². The number of fused-ring (bicyclic) bond motifs is 4. The van der Waals surface area contributed by atoms with Gasteiger partial charge in [-0.1, -0.05) is 0 Å². The molecule has 4 rings (SSSR count). The van der Waals surface area contributed by atoms with E-state index in [9.17, 15) is 13.6 Å². The average Bonchev–Trinajstić information content (AvgIpc) is 2.89. The fraction of sp³-hybridized carbons (Fsp3) is 0.333. The molecule has 5 heteroatoms. The molecule has 2 bridgehead atoms. The molecule has 0 saturated carbocycles. The summed E-state index contributed by atoms with van der Waals surface area (Å²) in [6.07, 6.45) is 2.41. The van der Waals surface area contributed by atoms with E-state index >= 15 is 0 Å². The highest BCUT2D eigenvalue weighted by Gasteiger charge is 2.37. The molecule has 3 nitrogen and oxygen atoms in total. The van der Waals surface area contributed by atoms with Crippen LogP contribution in [-0.4, -0.2) is 16.9 Å². The summed E-state index contributed by atoms with van der Waals surface area (Å²) in [6.45, 7) is 1.43. The number of hydrogen-bond acceptors (Lipinski definition) is 3. The number of carbonyl (C=O) groups excluding carboxylic acids is 1. The maximum Gasteiger partial charge on any atom is 0.178 e. The highest BCUT2D eigenvalue weighted by molar-refractivity contribution is 5.94. The topological polar surface area (TPSA) is 39.2 Å². The van der Waals surface area contributed by atoms with E-state index in [-0.39, 0.29) is 23.7 Å². The van der Waals surface area contributed by atoms with Crippen molar-refractivity contribution in [3.05, 3.63) is 52.9 Å². The minimum absolute atomic E-state index is 0.111. The fourth-order valence-corrected chi connectivity index (χ4v) is 3.49. The van der Waals surface area contributed by atoms with Crippen LogP contribution in [0.1, 0.15) is 47.6 Å². The van der Waals surface area contributed by atoms with Crippen molar-refractivity contribution < 1.29 is 18.3 Å². The predicted molar refractivity (Wildman–Crippen MR) is 80.1 cm³/mol. The molecule has 0 spiro atoms. The van der Waals surface area contributed by atoms with Crippen LogP contribution in [0.15, 0.2) is 24.3 Å². The molecule has 0 amide bonds. The molecule has 0 aliphatic carbocycles. The molecule has 2 aliphatic rings. The quantitative estimate of drug-likeness (QED) is 0.786. The van der Waals surface area contributed by atoms with Gasteiger partial charge >= 0.3 is 0 Å². The molecule has 0 radical (unpaired) electrons. The van der Waals surface area contributed by atoms with Gasteiger partial charge in [-0.05, 0) is 42.2 Å². The van der Waals surface area contributed by atoms with Gasteiger partial charge in [0.1, 0.15) is 23.4 Å². The second-order valence-corrected chi connectivity index (χ2v) is 6.13. The first-order chi connectivity index (χ1) is 11.0. The second kappa shape index (κ2) is 5.20. The van der Waals surface area contributed by atoms with E-state index in [0.717, 1.165) is 30.2 Å². The van der Waals surface area contributed by atoms with Crippen LogP contribution < -0.4 is 0 Å². The maximum atomic E-state index is 14.3. The normalized spacial score (nSPS) is 22.0. The van der Waals surface area contributed by atoms with E-state index in [4.69, 9.17) is 4.74 Å². The summed E-state index contributed by atoms with van der Waals surface area (Å²) in [4.78, 5) is 16.3. The zero-order valence-corrected chi connectivity index (χ0v) is 12.6. The number of benzene rings is 1. The van der Waals surface area contributed by atoms with Gasteiger partial charge in [-0.2, -0.15) is 0 Å². The molecule has 23 heavy (non-hydrogen) atoms. The monoisotopic (exact) mass is 315 g/mol. The van der Waals surface area contributed by atoms with Crippen molar-refractivity contribution in [2.75, 3.05) is 0 Å². The molecule has 1 fully saturated rings. The molecule has 2 aromatic rings. The fourth-order valence-electron chi connectivity index (χ4n) is 3.49. The number of carbonyl (C=O) groups is 1. The molecule has 3 heterocycles. The van der Waals surface area contributed by atoms with E-state index in [1.54, 1.807) is 6.07 Å². The lowest BCUT2D eigenvalue weighted by atomic mass is 9.92. The summed E-state index contributed by atoms with van der Waals surface area (Å²) in [5.74, 6) is -1.44. The zero-order chi connectivity index (χ0) is 16.1. The van der Waals surface area contributed by atoms with E-state index in [1.807, 2.05) is 0 Å².